The van der Waals surface area contributed by atoms with Gasteiger partial charge in [-0.05, 0) is 25.5 Å². The van der Waals surface area contributed by atoms with E-state index in [0.29, 0.717) is 17.3 Å². The highest BCUT2D eigenvalue weighted by atomic mass is 16.5. The van der Waals surface area contributed by atoms with Crippen molar-refractivity contribution in [3.63, 3.8) is 0 Å². The Bertz CT molecular complexity index is 1020. The van der Waals surface area contributed by atoms with Crippen molar-refractivity contribution in [1.29, 1.82) is 5.26 Å². The van der Waals surface area contributed by atoms with Crippen molar-refractivity contribution in [3.8, 4) is 17.8 Å². The first-order valence-corrected chi connectivity index (χ1v) is 9.41. The zero-order chi connectivity index (χ0) is 19.5. The summed E-state index contributed by atoms with van der Waals surface area (Å²) in [7, 11) is 1.72. The predicted molar refractivity (Wildman–Crippen MR) is 106 cm³/mol. The van der Waals surface area contributed by atoms with Crippen LogP contribution in [0.4, 0.5) is 0 Å². The number of nitriles is 1. The fourth-order valence-electron chi connectivity index (χ4n) is 3.64. The second-order valence-electron chi connectivity index (χ2n) is 6.98. The van der Waals surface area contributed by atoms with Gasteiger partial charge >= 0.3 is 0 Å². The van der Waals surface area contributed by atoms with E-state index in [1.807, 2.05) is 42.0 Å². The lowest BCUT2D eigenvalue weighted by Crippen LogP contribution is -2.28. The Hall–Kier alpha value is -2.95. The van der Waals surface area contributed by atoms with Crippen LogP contribution >= 0.6 is 0 Å². The van der Waals surface area contributed by atoms with Crippen LogP contribution in [0.3, 0.4) is 0 Å². The first kappa shape index (κ1) is 18.4. The van der Waals surface area contributed by atoms with E-state index in [4.69, 9.17) is 9.47 Å². The van der Waals surface area contributed by atoms with Gasteiger partial charge in [-0.1, -0.05) is 12.1 Å². The number of likely N-dealkylation sites (tertiary alicyclic amines) is 1. The van der Waals surface area contributed by atoms with Crippen molar-refractivity contribution >= 4 is 10.9 Å². The number of fused-ring (bicyclic) bond motifs is 1. The predicted octanol–water partition coefficient (Wildman–Crippen LogP) is 2.70. The lowest BCUT2D eigenvalue weighted by Gasteiger charge is -2.17. The van der Waals surface area contributed by atoms with Crippen LogP contribution in [0, 0.1) is 18.3 Å². The molecule has 1 aromatic carbocycles. The van der Waals surface area contributed by atoms with Crippen LogP contribution in [-0.2, 0) is 4.74 Å². The molecule has 1 atom stereocenters. The molecule has 3 aromatic rings. The molecule has 0 bridgehead atoms. The molecule has 1 aliphatic heterocycles. The zero-order valence-electron chi connectivity index (χ0n) is 16.1. The summed E-state index contributed by atoms with van der Waals surface area (Å²) in [5, 5.41) is 10.4. The molecule has 0 radical (unpaired) electrons. The summed E-state index contributed by atoms with van der Waals surface area (Å²) in [6.07, 6.45) is 4.71. The number of para-hydroxylation sites is 1. The first-order chi connectivity index (χ1) is 13.7. The Kier molecular flexibility index (Phi) is 5.24. The number of hydrogen-bond donors (Lipinski definition) is 0. The molecule has 0 N–H and O–H groups in total. The summed E-state index contributed by atoms with van der Waals surface area (Å²) in [6, 6.07) is 9.91. The molecule has 1 fully saturated rings. The third-order valence-electron chi connectivity index (χ3n) is 5.09. The lowest BCUT2D eigenvalue weighted by molar-refractivity contribution is 0.146. The van der Waals surface area contributed by atoms with E-state index in [2.05, 4.69) is 20.9 Å². The van der Waals surface area contributed by atoms with Crippen LogP contribution in [0.15, 0.2) is 36.7 Å². The maximum absolute atomic E-state index is 9.43. The molecule has 1 saturated heterocycles. The number of aryl methyl sites for hydroxylation is 1. The highest BCUT2D eigenvalue weighted by molar-refractivity contribution is 5.86. The third kappa shape index (κ3) is 3.57. The molecular weight excluding hydrogens is 354 g/mol. The van der Waals surface area contributed by atoms with E-state index >= 15 is 0 Å². The summed E-state index contributed by atoms with van der Waals surface area (Å²) < 4.78 is 13.2. The smallest absolute Gasteiger partial charge is 0.235 e. The monoisotopic (exact) mass is 377 g/mol. The van der Waals surface area contributed by atoms with Gasteiger partial charge < -0.3 is 9.47 Å². The standard InChI is InChI=1S/C21H23N5O2/c1-15-21(28-18-7-8-25(14-18)10-11-27-2)23-13-19(24-15)26-9-6-16-4-3-5-17(12-22)20(16)26/h3-6,9,13,18H,7-8,10-11,14H2,1-2H3. The van der Waals surface area contributed by atoms with E-state index in [9.17, 15) is 5.26 Å². The maximum Gasteiger partial charge on any atom is 0.235 e. The SMILES string of the molecule is COCCN1CCC(Oc2ncc(-n3ccc4cccc(C#N)c43)nc2C)C1. The lowest BCUT2D eigenvalue weighted by atomic mass is 10.1. The van der Waals surface area contributed by atoms with Gasteiger partial charge in [0.1, 0.15) is 17.9 Å². The Morgan fingerprint density at radius 1 is 1.32 bits per heavy atom. The molecule has 4 rings (SSSR count). The number of rotatable bonds is 6. The van der Waals surface area contributed by atoms with Gasteiger partial charge in [0.15, 0.2) is 5.82 Å². The van der Waals surface area contributed by atoms with Gasteiger partial charge in [-0.15, -0.1) is 0 Å². The summed E-state index contributed by atoms with van der Waals surface area (Å²) in [6.45, 7) is 5.43. The second kappa shape index (κ2) is 7.97. The Balaban J connectivity index is 1.54. The van der Waals surface area contributed by atoms with E-state index in [0.717, 1.165) is 49.3 Å². The van der Waals surface area contributed by atoms with Crippen LogP contribution in [0.2, 0.25) is 0 Å². The topological polar surface area (TPSA) is 76.2 Å². The van der Waals surface area contributed by atoms with Crippen molar-refractivity contribution in [1.82, 2.24) is 19.4 Å². The molecule has 3 heterocycles. The van der Waals surface area contributed by atoms with Crippen molar-refractivity contribution in [2.75, 3.05) is 33.4 Å². The number of hydrogen-bond acceptors (Lipinski definition) is 6. The van der Waals surface area contributed by atoms with Gasteiger partial charge in [0.05, 0.1) is 23.9 Å². The van der Waals surface area contributed by atoms with Crippen molar-refractivity contribution in [2.24, 2.45) is 0 Å². The van der Waals surface area contributed by atoms with Crippen molar-refractivity contribution < 1.29 is 9.47 Å². The van der Waals surface area contributed by atoms with Crippen LogP contribution in [0.1, 0.15) is 17.7 Å². The van der Waals surface area contributed by atoms with Gasteiger partial charge in [0, 0.05) is 38.3 Å². The van der Waals surface area contributed by atoms with Crippen LogP contribution in [-0.4, -0.2) is 58.9 Å². The quantitative estimate of drug-likeness (QED) is 0.657. The minimum Gasteiger partial charge on any atom is -0.472 e. The average Bonchev–Trinajstić information content (AvgIpc) is 3.34. The Morgan fingerprint density at radius 3 is 3.00 bits per heavy atom. The van der Waals surface area contributed by atoms with Crippen molar-refractivity contribution in [3.05, 3.63) is 47.9 Å². The molecule has 2 aromatic heterocycles. The van der Waals surface area contributed by atoms with Gasteiger partial charge in [-0.25, -0.2) is 9.97 Å². The number of nitrogens with zero attached hydrogens (tertiary/aromatic N) is 5. The fraction of sp³-hybridized carbons (Fsp3) is 0.381. The largest absolute Gasteiger partial charge is 0.472 e. The van der Waals surface area contributed by atoms with Gasteiger partial charge in [0.25, 0.3) is 0 Å². The van der Waals surface area contributed by atoms with E-state index in [1.54, 1.807) is 13.3 Å². The van der Waals surface area contributed by atoms with E-state index in [-0.39, 0.29) is 6.10 Å². The molecule has 144 valence electrons. The van der Waals surface area contributed by atoms with Crippen molar-refractivity contribution in [2.45, 2.75) is 19.4 Å². The summed E-state index contributed by atoms with van der Waals surface area (Å²) in [4.78, 5) is 11.5. The zero-order valence-corrected chi connectivity index (χ0v) is 16.1. The van der Waals surface area contributed by atoms with Crippen LogP contribution in [0.5, 0.6) is 5.88 Å². The molecule has 0 saturated carbocycles. The third-order valence-corrected chi connectivity index (χ3v) is 5.09. The summed E-state index contributed by atoms with van der Waals surface area (Å²) in [5.74, 6) is 1.25. The molecule has 7 nitrogen and oxygen atoms in total. The van der Waals surface area contributed by atoms with Crippen LogP contribution in [0.25, 0.3) is 16.7 Å². The Morgan fingerprint density at radius 2 is 2.21 bits per heavy atom. The van der Waals surface area contributed by atoms with E-state index in [1.165, 1.54) is 0 Å². The number of ether oxygens (including phenoxy) is 2. The molecule has 1 aliphatic rings. The minimum atomic E-state index is 0.119. The molecular formula is C21H23N5O2. The van der Waals surface area contributed by atoms with Gasteiger partial charge in [-0.3, -0.25) is 9.47 Å². The van der Waals surface area contributed by atoms with Gasteiger partial charge in [-0.2, -0.15) is 5.26 Å². The normalized spacial score (nSPS) is 17.1. The highest BCUT2D eigenvalue weighted by Gasteiger charge is 2.24. The maximum atomic E-state index is 9.43. The molecule has 0 spiro atoms. The first-order valence-electron chi connectivity index (χ1n) is 9.41. The number of methoxy groups -OCH3 is 1. The van der Waals surface area contributed by atoms with E-state index < -0.39 is 0 Å². The molecule has 0 aliphatic carbocycles. The highest BCUT2D eigenvalue weighted by Crippen LogP contribution is 2.25. The van der Waals surface area contributed by atoms with Crippen LogP contribution < -0.4 is 4.74 Å². The summed E-state index contributed by atoms with van der Waals surface area (Å²) >= 11 is 0. The van der Waals surface area contributed by atoms with Gasteiger partial charge in [0.2, 0.25) is 5.88 Å². The molecule has 7 heteroatoms. The second-order valence-corrected chi connectivity index (χ2v) is 6.98. The number of aromatic nitrogens is 3. The number of benzene rings is 1. The fourth-order valence-corrected chi connectivity index (χ4v) is 3.64. The Labute approximate surface area is 164 Å². The summed E-state index contributed by atoms with van der Waals surface area (Å²) in [5.41, 5.74) is 2.20. The minimum absolute atomic E-state index is 0.119. The molecule has 28 heavy (non-hydrogen) atoms. The average molecular weight is 377 g/mol. The molecule has 1 unspecified atom stereocenters. The molecule has 0 amide bonds.